The van der Waals surface area contributed by atoms with Crippen molar-refractivity contribution in [1.29, 1.82) is 5.26 Å². The lowest BCUT2D eigenvalue weighted by Crippen LogP contribution is -2.11. The molecule has 0 amide bonds. The molecule has 6 heteroatoms. The highest BCUT2D eigenvalue weighted by molar-refractivity contribution is 8.00. The normalized spacial score (nSPS) is 21.0. The Morgan fingerprint density at radius 2 is 2.10 bits per heavy atom. The van der Waals surface area contributed by atoms with Crippen molar-refractivity contribution in [2.24, 2.45) is 0 Å². The molecule has 108 valence electrons. The molecule has 2 heterocycles. The first-order chi connectivity index (χ1) is 10.00. The van der Waals surface area contributed by atoms with Crippen molar-refractivity contribution in [3.05, 3.63) is 41.7 Å². The molecule has 0 saturated carbocycles. The summed E-state index contributed by atoms with van der Waals surface area (Å²) in [6.07, 6.45) is -0.742. The second-order valence-corrected chi connectivity index (χ2v) is 7.14. The summed E-state index contributed by atoms with van der Waals surface area (Å²) in [5, 5.41) is 13.9. The van der Waals surface area contributed by atoms with Gasteiger partial charge in [-0.2, -0.15) is 5.26 Å². The number of rotatable bonds is 3. The van der Waals surface area contributed by atoms with Gasteiger partial charge in [0.2, 0.25) is 5.16 Å². The quantitative estimate of drug-likeness (QED) is 0.812. The number of aromatic nitrogens is 3. The summed E-state index contributed by atoms with van der Waals surface area (Å²) in [5.41, 5.74) is 1.03. The van der Waals surface area contributed by atoms with Crippen molar-refractivity contribution in [3.63, 3.8) is 0 Å². The van der Waals surface area contributed by atoms with Crippen LogP contribution in [0.25, 0.3) is 0 Å². The van der Waals surface area contributed by atoms with Gasteiger partial charge in [0.1, 0.15) is 4.75 Å². The lowest BCUT2D eigenvalue weighted by atomic mass is 10.0. The lowest BCUT2D eigenvalue weighted by molar-refractivity contribution is 0.327. The van der Waals surface area contributed by atoms with E-state index in [1.54, 1.807) is 18.5 Å². The van der Waals surface area contributed by atoms with Crippen molar-refractivity contribution in [2.45, 2.75) is 42.4 Å². The van der Waals surface area contributed by atoms with Gasteiger partial charge >= 0.3 is 0 Å². The van der Waals surface area contributed by atoms with Gasteiger partial charge in [-0.3, -0.25) is 0 Å². The molecule has 21 heavy (non-hydrogen) atoms. The fourth-order valence-electron chi connectivity index (χ4n) is 2.41. The van der Waals surface area contributed by atoms with Gasteiger partial charge < -0.3 is 0 Å². The predicted molar refractivity (Wildman–Crippen MR) is 78.6 cm³/mol. The van der Waals surface area contributed by atoms with Crippen molar-refractivity contribution in [1.82, 2.24) is 14.8 Å². The van der Waals surface area contributed by atoms with E-state index in [2.05, 4.69) is 16.2 Å². The number of nitriles is 1. The highest BCUT2D eigenvalue weighted by Crippen LogP contribution is 2.41. The molecule has 0 radical (unpaired) electrons. The first-order valence-corrected chi connectivity index (χ1v) is 7.57. The van der Waals surface area contributed by atoms with E-state index in [0.29, 0.717) is 17.4 Å². The number of fused-ring (bicyclic) bond motifs is 1. The summed E-state index contributed by atoms with van der Waals surface area (Å²) >= 11 is 1.26. The average molecular weight is 302 g/mol. The van der Waals surface area contributed by atoms with Crippen LogP contribution >= 0.6 is 11.8 Å². The van der Waals surface area contributed by atoms with Crippen molar-refractivity contribution < 1.29 is 4.39 Å². The molecule has 1 aromatic heterocycles. The van der Waals surface area contributed by atoms with Gasteiger partial charge in [-0.25, -0.2) is 14.1 Å². The molecule has 1 aliphatic heterocycles. The largest absolute Gasteiger partial charge is 0.239 e. The Labute approximate surface area is 127 Å². The Kier molecular flexibility index (Phi) is 3.46. The molecule has 0 aliphatic carbocycles. The Morgan fingerprint density at radius 1 is 1.38 bits per heavy atom. The summed E-state index contributed by atoms with van der Waals surface area (Å²) in [5.74, 6) is 0.361. The standard InChI is InChI=1S/C15H15FN4S/c1-15(2,9-17)21-14-18-13-11(16)8-12(20(13)19-14)10-6-4-3-5-7-10/h3-7,11-12H,8H2,1-2H3. The van der Waals surface area contributed by atoms with Crippen LogP contribution in [0.5, 0.6) is 0 Å². The van der Waals surface area contributed by atoms with E-state index in [1.165, 1.54) is 11.8 Å². The lowest BCUT2D eigenvalue weighted by Gasteiger charge is -2.13. The van der Waals surface area contributed by atoms with Crippen LogP contribution in [0.1, 0.15) is 43.9 Å². The molecule has 2 atom stereocenters. The number of hydrogen-bond acceptors (Lipinski definition) is 4. The summed E-state index contributed by atoms with van der Waals surface area (Å²) in [7, 11) is 0. The van der Waals surface area contributed by atoms with Gasteiger partial charge in [0.05, 0.1) is 12.1 Å². The second kappa shape index (κ2) is 5.15. The van der Waals surface area contributed by atoms with E-state index in [9.17, 15) is 4.39 Å². The number of alkyl halides is 1. The Bertz CT molecular complexity index is 689. The Morgan fingerprint density at radius 3 is 2.76 bits per heavy atom. The van der Waals surface area contributed by atoms with Crippen LogP contribution < -0.4 is 0 Å². The molecular formula is C15H15FN4S. The third kappa shape index (κ3) is 2.66. The molecule has 2 aromatic rings. The highest BCUT2D eigenvalue weighted by Gasteiger charge is 2.36. The fourth-order valence-corrected chi connectivity index (χ4v) is 3.18. The van der Waals surface area contributed by atoms with Crippen molar-refractivity contribution in [2.75, 3.05) is 0 Å². The molecule has 0 saturated heterocycles. The van der Waals surface area contributed by atoms with Gasteiger partial charge in [0.25, 0.3) is 0 Å². The van der Waals surface area contributed by atoms with Crippen molar-refractivity contribution in [3.8, 4) is 6.07 Å². The highest BCUT2D eigenvalue weighted by atomic mass is 32.2. The van der Waals surface area contributed by atoms with Crippen LogP contribution in [0.3, 0.4) is 0 Å². The second-order valence-electron chi connectivity index (χ2n) is 5.55. The SMILES string of the molecule is CC(C)(C#N)Sc1nc2n(n1)C(c1ccccc1)CC2F. The van der Waals surface area contributed by atoms with E-state index < -0.39 is 10.9 Å². The van der Waals surface area contributed by atoms with E-state index in [1.807, 2.05) is 30.3 Å². The smallest absolute Gasteiger partial charge is 0.210 e. The van der Waals surface area contributed by atoms with E-state index in [-0.39, 0.29) is 6.04 Å². The summed E-state index contributed by atoms with van der Waals surface area (Å²) in [6.45, 7) is 3.59. The van der Waals surface area contributed by atoms with Crippen LogP contribution in [0.4, 0.5) is 4.39 Å². The minimum absolute atomic E-state index is 0.122. The monoisotopic (exact) mass is 302 g/mol. The number of thioether (sulfide) groups is 1. The zero-order chi connectivity index (χ0) is 15.0. The number of halogens is 1. The van der Waals surface area contributed by atoms with Gasteiger partial charge in [-0.15, -0.1) is 5.10 Å². The maximum atomic E-state index is 14.2. The van der Waals surface area contributed by atoms with Crippen LogP contribution in [0, 0.1) is 11.3 Å². The van der Waals surface area contributed by atoms with Crippen LogP contribution in [0.15, 0.2) is 35.5 Å². The zero-order valence-corrected chi connectivity index (χ0v) is 12.6. The van der Waals surface area contributed by atoms with Gasteiger partial charge in [-0.05, 0) is 19.4 Å². The summed E-state index contributed by atoms with van der Waals surface area (Å²) in [6, 6.07) is 11.8. The van der Waals surface area contributed by atoms with E-state index in [4.69, 9.17) is 5.26 Å². The first-order valence-electron chi connectivity index (χ1n) is 6.76. The van der Waals surface area contributed by atoms with Crippen LogP contribution in [-0.2, 0) is 0 Å². The van der Waals surface area contributed by atoms with E-state index >= 15 is 0 Å². The topological polar surface area (TPSA) is 54.5 Å². The minimum Gasteiger partial charge on any atom is -0.239 e. The zero-order valence-electron chi connectivity index (χ0n) is 11.8. The molecule has 0 bridgehead atoms. The summed E-state index contributed by atoms with van der Waals surface area (Å²) < 4.78 is 15.2. The number of hydrogen-bond donors (Lipinski definition) is 0. The molecule has 1 aromatic carbocycles. The van der Waals surface area contributed by atoms with Crippen LogP contribution in [-0.4, -0.2) is 19.5 Å². The van der Waals surface area contributed by atoms with Crippen molar-refractivity contribution >= 4 is 11.8 Å². The number of nitrogens with zero attached hydrogens (tertiary/aromatic N) is 4. The molecule has 0 spiro atoms. The van der Waals surface area contributed by atoms with Crippen LogP contribution in [0.2, 0.25) is 0 Å². The van der Waals surface area contributed by atoms with Gasteiger partial charge in [0.15, 0.2) is 12.0 Å². The molecule has 1 aliphatic rings. The third-order valence-electron chi connectivity index (χ3n) is 3.44. The maximum absolute atomic E-state index is 14.2. The third-order valence-corrected chi connectivity index (χ3v) is 4.40. The molecule has 4 nitrogen and oxygen atoms in total. The average Bonchev–Trinajstić information content (AvgIpc) is 3.00. The Hall–Kier alpha value is -1.87. The fraction of sp³-hybridized carbons (Fsp3) is 0.400. The number of benzene rings is 1. The van der Waals surface area contributed by atoms with Gasteiger partial charge in [0, 0.05) is 6.42 Å². The van der Waals surface area contributed by atoms with Gasteiger partial charge in [-0.1, -0.05) is 42.1 Å². The molecule has 0 N–H and O–H groups in total. The minimum atomic E-state index is -1.11. The predicted octanol–water partition coefficient (Wildman–Crippen LogP) is 3.68. The Balaban J connectivity index is 1.93. The molecule has 0 fully saturated rings. The maximum Gasteiger partial charge on any atom is 0.210 e. The first kappa shape index (κ1) is 14.1. The molecule has 3 rings (SSSR count). The van der Waals surface area contributed by atoms with E-state index in [0.717, 1.165) is 5.56 Å². The molecule has 2 unspecified atom stereocenters. The summed E-state index contributed by atoms with van der Waals surface area (Å²) in [4.78, 5) is 4.27. The molecular weight excluding hydrogens is 287 g/mol.